The molecule has 4 aromatic rings. The fraction of sp³-hybridized carbons (Fsp3) is 0.351. The van der Waals surface area contributed by atoms with Gasteiger partial charge in [0.2, 0.25) is 0 Å². The molecule has 0 aliphatic carbocycles. The van der Waals surface area contributed by atoms with Gasteiger partial charge in [0.25, 0.3) is 0 Å². The first-order valence-electron chi connectivity index (χ1n) is 15.2. The maximum atomic E-state index is 10.4. The molecule has 0 saturated carbocycles. The van der Waals surface area contributed by atoms with Crippen molar-refractivity contribution in [1.29, 1.82) is 0 Å². The van der Waals surface area contributed by atoms with Gasteiger partial charge in [-0.25, -0.2) is 8.42 Å². The molecule has 5 heteroatoms. The molecule has 42 heavy (non-hydrogen) atoms. The molecule has 0 fully saturated rings. The lowest BCUT2D eigenvalue weighted by molar-refractivity contribution is 0.463. The quantitative estimate of drug-likeness (QED) is 0.134. The van der Waals surface area contributed by atoms with Crippen molar-refractivity contribution in [2.75, 3.05) is 0 Å². The fourth-order valence-electron chi connectivity index (χ4n) is 5.24. The van der Waals surface area contributed by atoms with Crippen molar-refractivity contribution in [1.82, 2.24) is 0 Å². The summed E-state index contributed by atoms with van der Waals surface area (Å²) in [5.41, 5.74) is 10.0. The molecule has 0 aliphatic rings. The second-order valence-corrected chi connectivity index (χ2v) is 13.8. The minimum atomic E-state index is -4.27. The molecule has 3 nitrogen and oxygen atoms in total. The minimum Gasteiger partial charge on any atom is -0.744 e. The lowest BCUT2D eigenvalue weighted by Gasteiger charge is -2.20. The first-order valence-corrected chi connectivity index (χ1v) is 17.9. The molecular weight excluding hydrogens is 557 g/mol. The van der Waals surface area contributed by atoms with Gasteiger partial charge in [-0.1, -0.05) is 102 Å². The van der Waals surface area contributed by atoms with Crippen LogP contribution < -0.4 is 0 Å². The summed E-state index contributed by atoms with van der Waals surface area (Å²) in [7, 11) is -4.35. The monoisotopic (exact) mass is 602 g/mol. The van der Waals surface area contributed by atoms with Gasteiger partial charge < -0.3 is 4.55 Å². The van der Waals surface area contributed by atoms with Crippen LogP contribution in [0.15, 0.2) is 98.4 Å². The third-order valence-electron chi connectivity index (χ3n) is 7.64. The highest BCUT2D eigenvalue weighted by Crippen LogP contribution is 2.41. The van der Waals surface area contributed by atoms with Crippen LogP contribution in [0.2, 0.25) is 0 Å². The highest BCUT2D eigenvalue weighted by atomic mass is 32.2. The van der Waals surface area contributed by atoms with Gasteiger partial charge in [-0.2, -0.15) is 0 Å². The summed E-state index contributed by atoms with van der Waals surface area (Å²) >= 11 is 0. The van der Waals surface area contributed by atoms with Gasteiger partial charge in [0, 0.05) is 22.3 Å². The second kappa shape index (κ2) is 15.6. The Morgan fingerprint density at radius 1 is 0.571 bits per heavy atom. The number of aryl methyl sites for hydroxylation is 7. The van der Waals surface area contributed by atoms with Crippen LogP contribution >= 0.6 is 0 Å². The first kappa shape index (κ1) is 33.6. The largest absolute Gasteiger partial charge is 0.744 e. The van der Waals surface area contributed by atoms with Crippen molar-refractivity contribution in [2.24, 2.45) is 0 Å². The van der Waals surface area contributed by atoms with E-state index in [1.807, 2.05) is 6.92 Å². The van der Waals surface area contributed by atoms with Crippen molar-refractivity contribution < 1.29 is 13.0 Å². The molecule has 4 rings (SSSR count). The fourth-order valence-corrected chi connectivity index (χ4v) is 8.67. The molecule has 224 valence electrons. The smallest absolute Gasteiger partial charge is 0.172 e. The van der Waals surface area contributed by atoms with Crippen LogP contribution in [0.25, 0.3) is 0 Å². The third-order valence-corrected chi connectivity index (χ3v) is 11.1. The Hall–Kier alpha value is -2.86. The molecule has 0 aliphatic heterocycles. The molecule has 0 N–H and O–H groups in total. The van der Waals surface area contributed by atoms with E-state index in [1.165, 1.54) is 50.4 Å². The van der Waals surface area contributed by atoms with Crippen molar-refractivity contribution in [3.63, 3.8) is 0 Å². The van der Waals surface area contributed by atoms with E-state index in [0.717, 1.165) is 44.1 Å². The molecule has 0 aromatic heterocycles. The van der Waals surface area contributed by atoms with E-state index in [1.54, 1.807) is 21.9 Å². The lowest BCUT2D eigenvalue weighted by atomic mass is 10.0. The molecule has 0 atom stereocenters. The zero-order valence-corrected chi connectivity index (χ0v) is 27.9. The minimum absolute atomic E-state index is 0.0809. The van der Waals surface area contributed by atoms with Crippen LogP contribution in [0.4, 0.5) is 0 Å². The van der Waals surface area contributed by atoms with Crippen molar-refractivity contribution in [3.05, 3.63) is 118 Å². The van der Waals surface area contributed by atoms with Gasteiger partial charge in [-0.05, 0) is 80.8 Å². The first-order chi connectivity index (χ1) is 20.1. The summed E-state index contributed by atoms with van der Waals surface area (Å²) < 4.78 is 31.2. The Bertz CT molecular complexity index is 1440. The highest BCUT2D eigenvalue weighted by molar-refractivity contribution is 7.97. The normalized spacial score (nSPS) is 11.4. The summed E-state index contributed by atoms with van der Waals surface area (Å²) in [5, 5.41) is 0. The standard InChI is InChI=1S/C30H39S.C7H8O3S/c1-7-22-18-24(9-3)29(25(10-4)19-22)31(28-16-14-13-15-17-28)30-26(11-5)20-23(8-2)21-27(30)12-6;1-6-2-4-7(5-3-6)11(8,9)10/h13-21H,7-12H2,1-6H3;2-5H,1H3,(H,8,9,10)/q+1;/p-1. The number of benzene rings is 4. The molecule has 0 amide bonds. The van der Waals surface area contributed by atoms with Crippen LogP contribution in [0.5, 0.6) is 0 Å². The Balaban J connectivity index is 0.000000369. The van der Waals surface area contributed by atoms with E-state index in [0.29, 0.717) is 0 Å². The summed E-state index contributed by atoms with van der Waals surface area (Å²) in [4.78, 5) is 4.44. The summed E-state index contributed by atoms with van der Waals surface area (Å²) in [6.07, 6.45) is 6.55. The van der Waals surface area contributed by atoms with Crippen LogP contribution in [0.1, 0.15) is 80.5 Å². The Morgan fingerprint density at radius 2 is 0.952 bits per heavy atom. The predicted molar refractivity (Wildman–Crippen MR) is 177 cm³/mol. The maximum absolute atomic E-state index is 10.4. The molecule has 0 saturated heterocycles. The predicted octanol–water partition coefficient (Wildman–Crippen LogP) is 9.06. The van der Waals surface area contributed by atoms with E-state index in [-0.39, 0.29) is 15.8 Å². The zero-order valence-electron chi connectivity index (χ0n) is 26.3. The Kier molecular flexibility index (Phi) is 12.5. The number of hydrogen-bond acceptors (Lipinski definition) is 3. The number of rotatable bonds is 10. The molecular formula is C37H46O3S2. The van der Waals surface area contributed by atoms with Crippen LogP contribution in [-0.4, -0.2) is 13.0 Å². The highest BCUT2D eigenvalue weighted by Gasteiger charge is 2.37. The lowest BCUT2D eigenvalue weighted by Crippen LogP contribution is -2.16. The van der Waals surface area contributed by atoms with Crippen LogP contribution in [-0.2, 0) is 59.5 Å². The van der Waals surface area contributed by atoms with E-state index in [9.17, 15) is 13.0 Å². The zero-order chi connectivity index (χ0) is 30.9. The van der Waals surface area contributed by atoms with Gasteiger partial charge >= 0.3 is 0 Å². The SMILES string of the molecule is CCc1cc(CC)c([S+](c2ccccc2)c2c(CC)cc(CC)cc2CC)c(CC)c1.Cc1ccc(S(=O)(=O)[O-])cc1. The van der Waals surface area contributed by atoms with Gasteiger partial charge in [0.1, 0.15) is 21.0 Å². The van der Waals surface area contributed by atoms with Gasteiger partial charge in [0.15, 0.2) is 14.7 Å². The van der Waals surface area contributed by atoms with E-state index in [2.05, 4.69) is 96.1 Å². The summed E-state index contributed by atoms with van der Waals surface area (Å²) in [6, 6.07) is 27.0. The molecule has 0 spiro atoms. The molecule has 0 bridgehead atoms. The topological polar surface area (TPSA) is 57.2 Å². The molecule has 4 aromatic carbocycles. The summed E-state index contributed by atoms with van der Waals surface area (Å²) in [6.45, 7) is 15.7. The molecule has 0 radical (unpaired) electrons. The Labute approximate surface area is 257 Å². The molecule has 0 heterocycles. The summed E-state index contributed by atoms with van der Waals surface area (Å²) in [5.74, 6) is 0. The third kappa shape index (κ3) is 8.15. The van der Waals surface area contributed by atoms with E-state index in [4.69, 9.17) is 0 Å². The van der Waals surface area contributed by atoms with Gasteiger partial charge in [-0.3, -0.25) is 0 Å². The second-order valence-electron chi connectivity index (χ2n) is 10.5. The van der Waals surface area contributed by atoms with Crippen LogP contribution in [0, 0.1) is 6.92 Å². The number of hydrogen-bond donors (Lipinski definition) is 0. The van der Waals surface area contributed by atoms with Gasteiger partial charge in [-0.15, -0.1) is 0 Å². The van der Waals surface area contributed by atoms with Crippen molar-refractivity contribution >= 4 is 21.0 Å². The van der Waals surface area contributed by atoms with E-state index < -0.39 is 10.1 Å². The maximum Gasteiger partial charge on any atom is 0.172 e. The molecule has 0 unspecified atom stereocenters. The average Bonchev–Trinajstić information content (AvgIpc) is 3.01. The van der Waals surface area contributed by atoms with Gasteiger partial charge in [0.05, 0.1) is 4.90 Å². The van der Waals surface area contributed by atoms with Crippen LogP contribution in [0.3, 0.4) is 0 Å². The van der Waals surface area contributed by atoms with E-state index >= 15 is 0 Å². The average molecular weight is 603 g/mol. The van der Waals surface area contributed by atoms with Crippen molar-refractivity contribution in [3.8, 4) is 0 Å². The Morgan fingerprint density at radius 3 is 1.26 bits per heavy atom. The van der Waals surface area contributed by atoms with Crippen molar-refractivity contribution in [2.45, 2.75) is 107 Å².